The minimum absolute atomic E-state index is 0.133. The van der Waals surface area contributed by atoms with Gasteiger partial charge in [-0.05, 0) is 28.5 Å². The number of nitrogens with one attached hydrogen (secondary N) is 2. The molecule has 0 atom stereocenters. The standard InChI is InChI=1S/C21H18N4O3S/c22-13-12-21(26)25-24-20(17-7-2-1-3-8-17)15-23-29(27,28)19-11-10-16-6-4-5-9-18(16)14-19/h1-11,14,23H,12,15H2,(H,25,26)/b24-20+. The van der Waals surface area contributed by atoms with E-state index in [-0.39, 0.29) is 17.9 Å². The van der Waals surface area contributed by atoms with Crippen LogP contribution in [-0.4, -0.2) is 26.6 Å². The van der Waals surface area contributed by atoms with E-state index < -0.39 is 15.9 Å². The maximum absolute atomic E-state index is 12.8. The van der Waals surface area contributed by atoms with E-state index in [1.54, 1.807) is 48.5 Å². The summed E-state index contributed by atoms with van der Waals surface area (Å²) in [6.45, 7) is -0.133. The predicted octanol–water partition coefficient (Wildman–Crippen LogP) is 2.55. The minimum Gasteiger partial charge on any atom is -0.272 e. The van der Waals surface area contributed by atoms with Crippen LogP contribution in [0.4, 0.5) is 0 Å². The summed E-state index contributed by atoms with van der Waals surface area (Å²) in [5.74, 6) is -0.571. The Morgan fingerprint density at radius 1 is 0.966 bits per heavy atom. The van der Waals surface area contributed by atoms with Gasteiger partial charge in [-0.3, -0.25) is 4.79 Å². The van der Waals surface area contributed by atoms with Gasteiger partial charge in [0.25, 0.3) is 5.91 Å². The fourth-order valence-electron chi connectivity index (χ4n) is 2.66. The zero-order valence-electron chi connectivity index (χ0n) is 15.4. The highest BCUT2D eigenvalue weighted by Crippen LogP contribution is 2.18. The van der Waals surface area contributed by atoms with E-state index in [9.17, 15) is 13.2 Å². The van der Waals surface area contributed by atoms with Gasteiger partial charge in [-0.1, -0.05) is 60.7 Å². The van der Waals surface area contributed by atoms with Crippen molar-refractivity contribution in [2.24, 2.45) is 5.10 Å². The van der Waals surface area contributed by atoms with Crippen LogP contribution in [0.1, 0.15) is 12.0 Å². The molecule has 0 spiro atoms. The molecule has 0 saturated heterocycles. The molecule has 3 rings (SSSR count). The Hall–Kier alpha value is -3.54. The van der Waals surface area contributed by atoms with E-state index in [1.807, 2.05) is 30.3 Å². The minimum atomic E-state index is -3.80. The maximum Gasteiger partial charge on any atom is 0.254 e. The van der Waals surface area contributed by atoms with Gasteiger partial charge >= 0.3 is 0 Å². The molecule has 8 heteroatoms. The second-order valence-electron chi connectivity index (χ2n) is 6.13. The molecule has 0 aliphatic rings. The molecule has 2 N–H and O–H groups in total. The van der Waals surface area contributed by atoms with Gasteiger partial charge < -0.3 is 0 Å². The molecule has 0 fully saturated rings. The molecule has 0 aliphatic heterocycles. The van der Waals surface area contributed by atoms with Gasteiger partial charge in [-0.25, -0.2) is 18.6 Å². The largest absolute Gasteiger partial charge is 0.272 e. The second-order valence-corrected chi connectivity index (χ2v) is 7.89. The van der Waals surface area contributed by atoms with E-state index in [4.69, 9.17) is 5.26 Å². The SMILES string of the molecule is N#CCC(=O)N/N=C(\CNS(=O)(=O)c1ccc2ccccc2c1)c1ccccc1. The molecule has 3 aromatic rings. The third-order valence-electron chi connectivity index (χ3n) is 4.12. The number of amides is 1. The lowest BCUT2D eigenvalue weighted by molar-refractivity contribution is -0.120. The van der Waals surface area contributed by atoms with Gasteiger partial charge in [0, 0.05) is 0 Å². The first kappa shape index (κ1) is 20.2. The molecule has 0 heterocycles. The lowest BCUT2D eigenvalue weighted by Crippen LogP contribution is -2.32. The molecule has 0 aliphatic carbocycles. The van der Waals surface area contributed by atoms with Crippen molar-refractivity contribution >= 4 is 32.4 Å². The summed E-state index contributed by atoms with van der Waals surface area (Å²) >= 11 is 0. The fourth-order valence-corrected chi connectivity index (χ4v) is 3.68. The Morgan fingerprint density at radius 2 is 1.66 bits per heavy atom. The van der Waals surface area contributed by atoms with E-state index in [2.05, 4.69) is 15.2 Å². The van der Waals surface area contributed by atoms with Crippen LogP contribution in [0.15, 0.2) is 82.8 Å². The molecule has 0 radical (unpaired) electrons. The number of fused-ring (bicyclic) bond motifs is 1. The summed E-state index contributed by atoms with van der Waals surface area (Å²) in [6, 6.07) is 23.0. The van der Waals surface area contributed by atoms with Crippen LogP contribution >= 0.6 is 0 Å². The molecule has 3 aromatic carbocycles. The number of rotatable bonds is 7. The van der Waals surface area contributed by atoms with Crippen molar-refractivity contribution < 1.29 is 13.2 Å². The van der Waals surface area contributed by atoms with Crippen molar-refractivity contribution in [3.05, 3.63) is 78.4 Å². The quantitative estimate of drug-likeness (QED) is 0.464. The van der Waals surface area contributed by atoms with Gasteiger partial charge in [-0.15, -0.1) is 0 Å². The summed E-state index contributed by atoms with van der Waals surface area (Å²) in [6.07, 6.45) is -0.339. The topological polar surface area (TPSA) is 111 Å². The van der Waals surface area contributed by atoms with Crippen LogP contribution in [0.3, 0.4) is 0 Å². The summed E-state index contributed by atoms with van der Waals surface area (Å²) < 4.78 is 28.0. The summed E-state index contributed by atoms with van der Waals surface area (Å²) in [5.41, 5.74) is 3.24. The van der Waals surface area contributed by atoms with E-state index in [0.29, 0.717) is 11.3 Å². The average molecular weight is 406 g/mol. The fraction of sp³-hybridized carbons (Fsp3) is 0.0952. The van der Waals surface area contributed by atoms with Gasteiger partial charge in [-0.2, -0.15) is 10.4 Å². The van der Waals surface area contributed by atoms with Crippen molar-refractivity contribution in [2.75, 3.05) is 6.54 Å². The number of nitriles is 1. The molecule has 29 heavy (non-hydrogen) atoms. The Morgan fingerprint density at radius 3 is 2.38 bits per heavy atom. The summed E-state index contributed by atoms with van der Waals surface area (Å²) in [5, 5.41) is 14.3. The zero-order chi connectivity index (χ0) is 20.7. The number of carbonyl (C=O) groups is 1. The molecule has 0 saturated carbocycles. The number of sulfonamides is 1. The molecular weight excluding hydrogens is 388 g/mol. The third-order valence-corrected chi connectivity index (χ3v) is 5.52. The molecule has 1 amide bonds. The number of benzene rings is 3. The van der Waals surface area contributed by atoms with Crippen LogP contribution in [0.25, 0.3) is 10.8 Å². The Bertz CT molecular complexity index is 1200. The van der Waals surface area contributed by atoms with E-state index in [1.165, 1.54) is 0 Å². The van der Waals surface area contributed by atoms with E-state index >= 15 is 0 Å². The molecular formula is C21H18N4O3S. The van der Waals surface area contributed by atoms with Crippen LogP contribution in [0.5, 0.6) is 0 Å². The van der Waals surface area contributed by atoms with Crippen LogP contribution in [-0.2, 0) is 14.8 Å². The highest BCUT2D eigenvalue weighted by atomic mass is 32.2. The van der Waals surface area contributed by atoms with Gasteiger partial charge in [0.05, 0.1) is 23.2 Å². The van der Waals surface area contributed by atoms with Gasteiger partial charge in [0.1, 0.15) is 6.42 Å². The average Bonchev–Trinajstić information content (AvgIpc) is 2.74. The Labute approximate surface area is 168 Å². The van der Waals surface area contributed by atoms with Crippen molar-refractivity contribution in [1.29, 1.82) is 5.26 Å². The first-order chi connectivity index (χ1) is 14.0. The Kier molecular flexibility index (Phi) is 6.34. The first-order valence-electron chi connectivity index (χ1n) is 8.76. The highest BCUT2D eigenvalue weighted by molar-refractivity contribution is 7.89. The number of carbonyl (C=O) groups excluding carboxylic acids is 1. The lowest BCUT2D eigenvalue weighted by Gasteiger charge is -2.10. The number of nitrogens with zero attached hydrogens (tertiary/aromatic N) is 2. The van der Waals surface area contributed by atoms with Crippen molar-refractivity contribution in [1.82, 2.24) is 10.1 Å². The Balaban J connectivity index is 1.82. The monoisotopic (exact) mass is 406 g/mol. The zero-order valence-corrected chi connectivity index (χ0v) is 16.2. The molecule has 0 aromatic heterocycles. The summed E-state index contributed by atoms with van der Waals surface area (Å²) in [7, 11) is -3.80. The maximum atomic E-state index is 12.8. The van der Waals surface area contributed by atoms with Crippen LogP contribution in [0, 0.1) is 11.3 Å². The van der Waals surface area contributed by atoms with Crippen molar-refractivity contribution in [2.45, 2.75) is 11.3 Å². The lowest BCUT2D eigenvalue weighted by atomic mass is 10.1. The number of hydrogen-bond donors (Lipinski definition) is 2. The molecule has 0 unspecified atom stereocenters. The first-order valence-corrected chi connectivity index (χ1v) is 10.2. The third kappa shape index (κ3) is 5.25. The molecule has 7 nitrogen and oxygen atoms in total. The summed E-state index contributed by atoms with van der Waals surface area (Å²) in [4.78, 5) is 11.7. The predicted molar refractivity (Wildman–Crippen MR) is 110 cm³/mol. The smallest absolute Gasteiger partial charge is 0.254 e. The molecule has 0 bridgehead atoms. The van der Waals surface area contributed by atoms with Crippen molar-refractivity contribution in [3.8, 4) is 6.07 Å². The van der Waals surface area contributed by atoms with Gasteiger partial charge in [0.15, 0.2) is 0 Å². The van der Waals surface area contributed by atoms with E-state index in [0.717, 1.165) is 10.8 Å². The second kappa shape index (κ2) is 9.10. The number of hydrogen-bond acceptors (Lipinski definition) is 5. The highest BCUT2D eigenvalue weighted by Gasteiger charge is 2.16. The molecule has 146 valence electrons. The van der Waals surface area contributed by atoms with Crippen LogP contribution < -0.4 is 10.1 Å². The number of hydrazone groups is 1. The normalized spacial score (nSPS) is 11.8. The van der Waals surface area contributed by atoms with Crippen molar-refractivity contribution in [3.63, 3.8) is 0 Å². The van der Waals surface area contributed by atoms with Crippen LogP contribution in [0.2, 0.25) is 0 Å². The van der Waals surface area contributed by atoms with Gasteiger partial charge in [0.2, 0.25) is 10.0 Å².